The molecule has 0 N–H and O–H groups in total. The van der Waals surface area contributed by atoms with Gasteiger partial charge < -0.3 is 4.90 Å². The van der Waals surface area contributed by atoms with Crippen LogP contribution in [-0.4, -0.2) is 6.54 Å². The van der Waals surface area contributed by atoms with Crippen LogP contribution in [-0.2, 0) is 11.6 Å². The lowest BCUT2D eigenvalue weighted by Gasteiger charge is -2.25. The minimum atomic E-state index is -4.44. The fraction of sp³-hybridized carbons (Fsp3) is 0.294. The standard InChI is InChI=1S/C17H14BrF4N/c1-16(2)9-23(15-8-12(18)13(19)7-11(15)16)14-6-4-3-5-10(14)17(20,21)22/h3-8H,9H2,1-2H3. The maximum absolute atomic E-state index is 13.9. The van der Waals surface area contributed by atoms with Crippen LogP contribution in [0.5, 0.6) is 0 Å². The van der Waals surface area contributed by atoms with E-state index >= 15 is 0 Å². The van der Waals surface area contributed by atoms with Gasteiger partial charge >= 0.3 is 6.18 Å². The van der Waals surface area contributed by atoms with Gasteiger partial charge in [-0.15, -0.1) is 0 Å². The van der Waals surface area contributed by atoms with E-state index < -0.39 is 23.0 Å². The minimum Gasteiger partial charge on any atom is -0.340 e. The third-order valence-corrected chi connectivity index (χ3v) is 4.72. The van der Waals surface area contributed by atoms with Gasteiger partial charge in [-0.2, -0.15) is 13.2 Å². The molecule has 23 heavy (non-hydrogen) atoms. The molecule has 0 amide bonds. The van der Waals surface area contributed by atoms with Gasteiger partial charge in [-0.3, -0.25) is 0 Å². The zero-order valence-corrected chi connectivity index (χ0v) is 14.1. The first-order valence-corrected chi connectivity index (χ1v) is 7.84. The summed E-state index contributed by atoms with van der Waals surface area (Å²) in [5.74, 6) is -0.414. The molecule has 0 atom stereocenters. The van der Waals surface area contributed by atoms with Gasteiger partial charge in [0.1, 0.15) is 5.82 Å². The molecule has 1 aliphatic heterocycles. The largest absolute Gasteiger partial charge is 0.418 e. The average molecular weight is 388 g/mol. The van der Waals surface area contributed by atoms with Crippen LogP contribution in [0, 0.1) is 5.82 Å². The Morgan fingerprint density at radius 1 is 1.09 bits per heavy atom. The Bertz CT molecular complexity index is 768. The molecule has 0 radical (unpaired) electrons. The quantitative estimate of drug-likeness (QED) is 0.539. The lowest BCUT2D eigenvalue weighted by atomic mass is 9.87. The van der Waals surface area contributed by atoms with Crippen LogP contribution in [0.4, 0.5) is 28.9 Å². The van der Waals surface area contributed by atoms with Crippen LogP contribution >= 0.6 is 15.9 Å². The molecular weight excluding hydrogens is 374 g/mol. The van der Waals surface area contributed by atoms with E-state index in [9.17, 15) is 17.6 Å². The topological polar surface area (TPSA) is 3.24 Å². The van der Waals surface area contributed by atoms with Gasteiger partial charge in [-0.25, -0.2) is 4.39 Å². The number of para-hydroxylation sites is 1. The summed E-state index contributed by atoms with van der Waals surface area (Å²) in [6.45, 7) is 4.15. The Balaban J connectivity index is 2.21. The van der Waals surface area contributed by atoms with Crippen molar-refractivity contribution in [3.8, 4) is 0 Å². The monoisotopic (exact) mass is 387 g/mol. The van der Waals surface area contributed by atoms with Crippen LogP contribution in [0.1, 0.15) is 25.0 Å². The van der Waals surface area contributed by atoms with Crippen molar-refractivity contribution in [1.29, 1.82) is 0 Å². The first kappa shape index (κ1) is 16.3. The molecule has 6 heteroatoms. The number of nitrogens with zero attached hydrogens (tertiary/aromatic N) is 1. The minimum absolute atomic E-state index is 0.0883. The number of hydrogen-bond donors (Lipinski definition) is 0. The third kappa shape index (κ3) is 2.73. The van der Waals surface area contributed by atoms with Crippen molar-refractivity contribution in [3.63, 3.8) is 0 Å². The van der Waals surface area contributed by atoms with Gasteiger partial charge in [-0.05, 0) is 45.8 Å². The van der Waals surface area contributed by atoms with E-state index in [1.807, 2.05) is 13.8 Å². The zero-order chi connectivity index (χ0) is 17.0. The van der Waals surface area contributed by atoms with Crippen LogP contribution in [0.25, 0.3) is 0 Å². The summed E-state index contributed by atoms with van der Waals surface area (Å²) < 4.78 is 54.1. The summed E-state index contributed by atoms with van der Waals surface area (Å²) in [6.07, 6.45) is -4.44. The molecule has 0 saturated heterocycles. The SMILES string of the molecule is CC1(C)CN(c2ccccc2C(F)(F)F)c2cc(Br)c(F)cc21. The first-order valence-electron chi connectivity index (χ1n) is 7.04. The number of halogens is 5. The maximum atomic E-state index is 13.9. The Morgan fingerprint density at radius 3 is 2.39 bits per heavy atom. The van der Waals surface area contributed by atoms with Crippen LogP contribution in [0.3, 0.4) is 0 Å². The van der Waals surface area contributed by atoms with Crippen molar-refractivity contribution < 1.29 is 17.6 Å². The highest BCUT2D eigenvalue weighted by Crippen LogP contribution is 2.48. The van der Waals surface area contributed by atoms with Gasteiger partial charge in [0, 0.05) is 17.6 Å². The second kappa shape index (κ2) is 5.23. The molecule has 2 aromatic carbocycles. The number of rotatable bonds is 1. The second-order valence-corrected chi connectivity index (χ2v) is 7.12. The summed E-state index contributed by atoms with van der Waals surface area (Å²) in [4.78, 5) is 1.61. The maximum Gasteiger partial charge on any atom is 0.418 e. The van der Waals surface area contributed by atoms with Crippen LogP contribution < -0.4 is 4.90 Å². The number of fused-ring (bicyclic) bond motifs is 1. The molecule has 0 aromatic heterocycles. The van der Waals surface area contributed by atoms with Crippen molar-refractivity contribution in [1.82, 2.24) is 0 Å². The van der Waals surface area contributed by atoms with E-state index in [0.29, 0.717) is 17.8 Å². The highest BCUT2D eigenvalue weighted by molar-refractivity contribution is 9.10. The fourth-order valence-electron chi connectivity index (χ4n) is 3.03. The van der Waals surface area contributed by atoms with Gasteiger partial charge in [0.25, 0.3) is 0 Å². The summed E-state index contributed by atoms with van der Waals surface area (Å²) in [5, 5.41) is 0. The zero-order valence-electron chi connectivity index (χ0n) is 12.5. The normalized spacial score (nSPS) is 16.6. The van der Waals surface area contributed by atoms with Crippen molar-refractivity contribution in [3.05, 3.63) is 57.8 Å². The van der Waals surface area contributed by atoms with Crippen molar-refractivity contribution >= 4 is 27.3 Å². The molecular formula is C17H14BrF4N. The smallest absolute Gasteiger partial charge is 0.340 e. The van der Waals surface area contributed by atoms with Crippen LogP contribution in [0.15, 0.2) is 40.9 Å². The van der Waals surface area contributed by atoms with E-state index in [1.54, 1.807) is 17.0 Å². The van der Waals surface area contributed by atoms with Gasteiger partial charge in [-0.1, -0.05) is 26.0 Å². The first-order chi connectivity index (χ1) is 10.6. The number of benzene rings is 2. The van der Waals surface area contributed by atoms with E-state index in [2.05, 4.69) is 15.9 Å². The van der Waals surface area contributed by atoms with Gasteiger partial charge in [0.05, 0.1) is 15.7 Å². The van der Waals surface area contributed by atoms with E-state index in [0.717, 1.165) is 6.07 Å². The number of alkyl halides is 3. The summed E-state index contributed by atoms with van der Waals surface area (Å²) in [6, 6.07) is 8.41. The molecule has 0 aliphatic carbocycles. The molecule has 122 valence electrons. The van der Waals surface area contributed by atoms with Crippen molar-refractivity contribution in [2.45, 2.75) is 25.4 Å². The Morgan fingerprint density at radius 2 is 1.74 bits per heavy atom. The van der Waals surface area contributed by atoms with E-state index in [1.165, 1.54) is 18.2 Å². The number of hydrogen-bond acceptors (Lipinski definition) is 1. The molecule has 0 saturated carbocycles. The molecule has 2 aromatic rings. The van der Waals surface area contributed by atoms with E-state index in [4.69, 9.17) is 0 Å². The second-order valence-electron chi connectivity index (χ2n) is 6.27. The molecule has 0 spiro atoms. The van der Waals surface area contributed by atoms with Gasteiger partial charge in [0.2, 0.25) is 0 Å². The van der Waals surface area contributed by atoms with Crippen LogP contribution in [0.2, 0.25) is 0 Å². The molecule has 0 bridgehead atoms. The average Bonchev–Trinajstić information content (AvgIpc) is 2.70. The molecule has 3 rings (SSSR count). The molecule has 0 fully saturated rings. The summed E-state index contributed by atoms with van der Waals surface area (Å²) in [7, 11) is 0. The highest BCUT2D eigenvalue weighted by atomic mass is 79.9. The number of anilines is 2. The predicted molar refractivity (Wildman–Crippen MR) is 85.6 cm³/mol. The lowest BCUT2D eigenvalue weighted by molar-refractivity contribution is -0.137. The van der Waals surface area contributed by atoms with E-state index in [-0.39, 0.29) is 10.2 Å². The lowest BCUT2D eigenvalue weighted by Crippen LogP contribution is -2.26. The Hall–Kier alpha value is -1.56. The van der Waals surface area contributed by atoms with Gasteiger partial charge in [0.15, 0.2) is 0 Å². The molecule has 1 aliphatic rings. The predicted octanol–water partition coefficient (Wildman–Crippen LogP) is 6.04. The van der Waals surface area contributed by atoms with Crippen molar-refractivity contribution in [2.75, 3.05) is 11.4 Å². The Kier molecular flexibility index (Phi) is 3.71. The van der Waals surface area contributed by atoms with Crippen molar-refractivity contribution in [2.24, 2.45) is 0 Å². The molecule has 1 heterocycles. The molecule has 1 nitrogen and oxygen atoms in total. The Labute approximate surface area is 140 Å². The fourth-order valence-corrected chi connectivity index (χ4v) is 3.36. The summed E-state index contributed by atoms with van der Waals surface area (Å²) in [5.41, 5.74) is 0.250. The molecule has 0 unspecified atom stereocenters. The third-order valence-electron chi connectivity index (χ3n) is 4.11. The summed E-state index contributed by atoms with van der Waals surface area (Å²) >= 11 is 3.12. The highest BCUT2D eigenvalue weighted by Gasteiger charge is 2.41.